The highest BCUT2D eigenvalue weighted by atomic mass is 16.6. The highest BCUT2D eigenvalue weighted by Gasteiger charge is 2.31. The SMILES string of the molecule is O=C(O)N[C@H]1COC[C@H](OCc2ccccc2)[C@@H](OCc2ccccc2)COC1=O. The van der Waals surface area contributed by atoms with Gasteiger partial charge in [-0.15, -0.1) is 0 Å². The molecule has 1 aliphatic rings. The molecule has 0 radical (unpaired) electrons. The summed E-state index contributed by atoms with van der Waals surface area (Å²) in [6.45, 7) is 0.546. The highest BCUT2D eigenvalue weighted by Crippen LogP contribution is 2.15. The minimum absolute atomic E-state index is 0.0771. The van der Waals surface area contributed by atoms with Crippen LogP contribution < -0.4 is 5.32 Å². The molecule has 0 spiro atoms. The van der Waals surface area contributed by atoms with Crippen LogP contribution in [0.3, 0.4) is 0 Å². The van der Waals surface area contributed by atoms with Gasteiger partial charge in [0.05, 0.1) is 26.4 Å². The van der Waals surface area contributed by atoms with Gasteiger partial charge in [-0.1, -0.05) is 60.7 Å². The molecule has 160 valence electrons. The summed E-state index contributed by atoms with van der Waals surface area (Å²) >= 11 is 0. The maximum Gasteiger partial charge on any atom is 0.405 e. The van der Waals surface area contributed by atoms with Crippen molar-refractivity contribution in [1.29, 1.82) is 0 Å². The van der Waals surface area contributed by atoms with Crippen LogP contribution in [-0.4, -0.2) is 55.2 Å². The van der Waals surface area contributed by atoms with Gasteiger partial charge < -0.3 is 29.4 Å². The molecule has 1 saturated heterocycles. The van der Waals surface area contributed by atoms with Gasteiger partial charge in [0, 0.05) is 0 Å². The van der Waals surface area contributed by atoms with Crippen LogP contribution in [0.4, 0.5) is 4.79 Å². The molecule has 0 unspecified atom stereocenters. The number of cyclic esters (lactones) is 1. The minimum Gasteiger partial charge on any atom is -0.465 e. The number of nitrogens with one attached hydrogen (secondary N) is 1. The van der Waals surface area contributed by atoms with Crippen molar-refractivity contribution in [1.82, 2.24) is 5.32 Å². The lowest BCUT2D eigenvalue weighted by atomic mass is 10.2. The molecule has 0 saturated carbocycles. The van der Waals surface area contributed by atoms with Gasteiger partial charge in [-0.05, 0) is 11.1 Å². The Kier molecular flexibility index (Phi) is 8.20. The third-order valence-corrected chi connectivity index (χ3v) is 4.57. The molecule has 2 aromatic carbocycles. The molecule has 2 aromatic rings. The normalized spacial score (nSPS) is 22.3. The third-order valence-electron chi connectivity index (χ3n) is 4.57. The molecule has 8 heteroatoms. The van der Waals surface area contributed by atoms with E-state index >= 15 is 0 Å². The summed E-state index contributed by atoms with van der Waals surface area (Å²) in [5.41, 5.74) is 1.96. The second-order valence-electron chi connectivity index (χ2n) is 6.84. The van der Waals surface area contributed by atoms with Gasteiger partial charge in [-0.2, -0.15) is 0 Å². The van der Waals surface area contributed by atoms with Crippen LogP contribution in [0.2, 0.25) is 0 Å². The Morgan fingerprint density at radius 1 is 0.900 bits per heavy atom. The second-order valence-corrected chi connectivity index (χ2v) is 6.84. The summed E-state index contributed by atoms with van der Waals surface area (Å²) in [5, 5.41) is 11.0. The molecular formula is C22H25NO7. The lowest BCUT2D eigenvalue weighted by Crippen LogP contribution is -2.44. The Morgan fingerprint density at radius 2 is 1.43 bits per heavy atom. The van der Waals surface area contributed by atoms with Crippen LogP contribution in [0, 0.1) is 0 Å². The van der Waals surface area contributed by atoms with Crippen LogP contribution >= 0.6 is 0 Å². The number of carboxylic acid groups (broad SMARTS) is 1. The Morgan fingerprint density at radius 3 is 1.97 bits per heavy atom. The molecule has 0 aromatic heterocycles. The molecule has 30 heavy (non-hydrogen) atoms. The van der Waals surface area contributed by atoms with E-state index in [1.807, 2.05) is 60.7 Å². The van der Waals surface area contributed by atoms with E-state index in [4.69, 9.17) is 24.1 Å². The number of carbonyl (C=O) groups excluding carboxylic acids is 1. The van der Waals surface area contributed by atoms with E-state index in [0.29, 0.717) is 13.2 Å². The standard InChI is InChI=1S/C22H25NO7/c24-21-18(23-22(25)26)13-27-14-19(28-11-16-7-3-1-4-8-16)20(15-30-21)29-12-17-9-5-2-6-10-17/h1-10,18-20,23H,11-15H2,(H,25,26)/t18-,19-,20-/m0/s1. The summed E-state index contributed by atoms with van der Waals surface area (Å²) in [6.07, 6.45) is -2.42. The van der Waals surface area contributed by atoms with Crippen LogP contribution in [0.5, 0.6) is 0 Å². The van der Waals surface area contributed by atoms with E-state index in [9.17, 15) is 9.59 Å². The Labute approximate surface area is 174 Å². The lowest BCUT2D eigenvalue weighted by molar-refractivity contribution is -0.156. The molecule has 0 aliphatic carbocycles. The summed E-state index contributed by atoms with van der Waals surface area (Å²) in [6, 6.07) is 18.2. The monoisotopic (exact) mass is 415 g/mol. The van der Waals surface area contributed by atoms with Gasteiger partial charge in [0.1, 0.15) is 18.8 Å². The van der Waals surface area contributed by atoms with E-state index < -0.39 is 30.3 Å². The molecule has 3 rings (SSSR count). The van der Waals surface area contributed by atoms with Crippen LogP contribution in [0.15, 0.2) is 60.7 Å². The maximum atomic E-state index is 12.2. The topological polar surface area (TPSA) is 103 Å². The lowest BCUT2D eigenvalue weighted by Gasteiger charge is -2.26. The van der Waals surface area contributed by atoms with E-state index in [-0.39, 0.29) is 19.8 Å². The number of hydrogen-bond donors (Lipinski definition) is 2. The van der Waals surface area contributed by atoms with E-state index in [2.05, 4.69) is 5.32 Å². The zero-order chi connectivity index (χ0) is 21.2. The fourth-order valence-electron chi connectivity index (χ4n) is 2.97. The van der Waals surface area contributed by atoms with Crippen molar-refractivity contribution in [3.63, 3.8) is 0 Å². The molecule has 1 aliphatic heterocycles. The maximum absolute atomic E-state index is 12.2. The summed E-state index contributed by atoms with van der Waals surface area (Å²) in [5.74, 6) is -0.713. The summed E-state index contributed by atoms with van der Waals surface area (Å²) < 4.78 is 22.9. The van der Waals surface area contributed by atoms with Crippen molar-refractivity contribution in [2.45, 2.75) is 31.5 Å². The number of carbonyl (C=O) groups is 2. The Hall–Kier alpha value is -2.94. The molecule has 1 fully saturated rings. The second kappa shape index (κ2) is 11.3. The van der Waals surface area contributed by atoms with Crippen molar-refractivity contribution in [2.75, 3.05) is 19.8 Å². The van der Waals surface area contributed by atoms with Crippen LogP contribution in [0.1, 0.15) is 11.1 Å². The van der Waals surface area contributed by atoms with Crippen molar-refractivity contribution < 1.29 is 33.6 Å². The summed E-state index contributed by atoms with van der Waals surface area (Å²) in [4.78, 5) is 23.2. The van der Waals surface area contributed by atoms with Crippen molar-refractivity contribution in [3.05, 3.63) is 71.8 Å². The average molecular weight is 415 g/mol. The van der Waals surface area contributed by atoms with Gasteiger partial charge in [-0.25, -0.2) is 9.59 Å². The number of amides is 1. The molecule has 2 N–H and O–H groups in total. The van der Waals surface area contributed by atoms with Gasteiger partial charge in [0.2, 0.25) is 0 Å². The average Bonchev–Trinajstić information content (AvgIpc) is 2.82. The fourth-order valence-corrected chi connectivity index (χ4v) is 2.97. The van der Waals surface area contributed by atoms with E-state index in [1.54, 1.807) is 0 Å². The van der Waals surface area contributed by atoms with E-state index in [0.717, 1.165) is 11.1 Å². The number of ether oxygens (including phenoxy) is 4. The summed E-state index contributed by atoms with van der Waals surface area (Å²) in [7, 11) is 0. The quantitative estimate of drug-likeness (QED) is 0.669. The first-order valence-electron chi connectivity index (χ1n) is 9.66. The Bertz CT molecular complexity index is 800. The largest absolute Gasteiger partial charge is 0.465 e. The zero-order valence-corrected chi connectivity index (χ0v) is 16.4. The first-order chi connectivity index (χ1) is 14.6. The zero-order valence-electron chi connectivity index (χ0n) is 16.4. The third kappa shape index (κ3) is 6.84. The van der Waals surface area contributed by atoms with E-state index in [1.165, 1.54) is 0 Å². The smallest absolute Gasteiger partial charge is 0.405 e. The number of hydrogen-bond acceptors (Lipinski definition) is 6. The van der Waals surface area contributed by atoms with Gasteiger partial charge in [0.25, 0.3) is 0 Å². The van der Waals surface area contributed by atoms with Crippen molar-refractivity contribution in [3.8, 4) is 0 Å². The van der Waals surface area contributed by atoms with Gasteiger partial charge in [0.15, 0.2) is 6.04 Å². The predicted molar refractivity (Wildman–Crippen MR) is 107 cm³/mol. The van der Waals surface area contributed by atoms with Gasteiger partial charge >= 0.3 is 12.1 Å². The number of esters is 1. The van der Waals surface area contributed by atoms with Gasteiger partial charge in [-0.3, -0.25) is 0 Å². The minimum atomic E-state index is -1.33. The van der Waals surface area contributed by atoms with Crippen molar-refractivity contribution >= 4 is 12.1 Å². The fraction of sp³-hybridized carbons (Fsp3) is 0.364. The van der Waals surface area contributed by atoms with Crippen LogP contribution in [-0.2, 0) is 37.0 Å². The van der Waals surface area contributed by atoms with Crippen LogP contribution in [0.25, 0.3) is 0 Å². The molecule has 8 nitrogen and oxygen atoms in total. The first-order valence-corrected chi connectivity index (χ1v) is 9.66. The van der Waals surface area contributed by atoms with Crippen molar-refractivity contribution in [2.24, 2.45) is 0 Å². The molecule has 1 heterocycles. The number of rotatable bonds is 7. The highest BCUT2D eigenvalue weighted by molar-refractivity contribution is 5.80. The molecule has 3 atom stereocenters. The molecule has 1 amide bonds. The molecule has 0 bridgehead atoms. The molecular weight excluding hydrogens is 390 g/mol. The Balaban J connectivity index is 1.68. The predicted octanol–water partition coefficient (Wildman–Crippen LogP) is 2.37. The first kappa shape index (κ1) is 21.8. The number of benzene rings is 2.